The summed E-state index contributed by atoms with van der Waals surface area (Å²) in [6.45, 7) is 7.63. The number of hydrogen-bond donors (Lipinski definition) is 0. The molecule has 0 aromatic carbocycles. The van der Waals surface area contributed by atoms with E-state index in [9.17, 15) is 0 Å². The average molecular weight is 218 g/mol. The third-order valence-electron chi connectivity index (χ3n) is 3.25. The second-order valence-corrected chi connectivity index (χ2v) is 5.63. The topological polar surface area (TPSA) is 35.1 Å². The summed E-state index contributed by atoms with van der Waals surface area (Å²) in [5.74, 6) is 2.05. The van der Waals surface area contributed by atoms with E-state index in [1.165, 1.54) is 18.7 Å². The molecule has 3 heterocycles. The fourth-order valence-corrected chi connectivity index (χ4v) is 2.24. The SMILES string of the molecule is CC(C)(C)c1cn2c(n1)nc1n2CCCC1. The molecule has 4 nitrogen and oxygen atoms in total. The van der Waals surface area contributed by atoms with E-state index in [1.54, 1.807) is 0 Å². The van der Waals surface area contributed by atoms with Gasteiger partial charge in [0.05, 0.1) is 11.9 Å². The maximum absolute atomic E-state index is 4.62. The average Bonchev–Trinajstić information content (AvgIpc) is 2.72. The van der Waals surface area contributed by atoms with E-state index in [1.807, 2.05) is 0 Å². The lowest BCUT2D eigenvalue weighted by atomic mass is 9.93. The molecule has 0 radical (unpaired) electrons. The van der Waals surface area contributed by atoms with Crippen molar-refractivity contribution < 1.29 is 0 Å². The molecule has 2 aromatic rings. The lowest BCUT2D eigenvalue weighted by Gasteiger charge is -2.15. The molecule has 1 aliphatic heterocycles. The molecule has 0 saturated carbocycles. The zero-order valence-electron chi connectivity index (χ0n) is 10.2. The molecule has 1 aliphatic rings. The molecule has 0 spiro atoms. The van der Waals surface area contributed by atoms with E-state index < -0.39 is 0 Å². The van der Waals surface area contributed by atoms with E-state index in [4.69, 9.17) is 0 Å². The van der Waals surface area contributed by atoms with Gasteiger partial charge < -0.3 is 0 Å². The minimum absolute atomic E-state index is 0.100. The zero-order chi connectivity index (χ0) is 11.3. The Labute approximate surface area is 95.3 Å². The second kappa shape index (κ2) is 3.09. The van der Waals surface area contributed by atoms with Crippen LogP contribution in [0.3, 0.4) is 0 Å². The number of rotatable bonds is 0. The molecule has 0 unspecified atom stereocenters. The Balaban J connectivity index is 2.17. The Hall–Kier alpha value is -1.32. The Kier molecular flexibility index (Phi) is 1.91. The molecular weight excluding hydrogens is 200 g/mol. The highest BCUT2D eigenvalue weighted by atomic mass is 15.4. The minimum Gasteiger partial charge on any atom is -0.265 e. The second-order valence-electron chi connectivity index (χ2n) is 5.63. The highest BCUT2D eigenvalue weighted by Gasteiger charge is 2.21. The first-order chi connectivity index (χ1) is 7.55. The quantitative estimate of drug-likeness (QED) is 0.679. The van der Waals surface area contributed by atoms with E-state index in [2.05, 4.69) is 46.1 Å². The number of aryl methyl sites for hydroxylation is 2. The first kappa shape index (κ1) is 9.87. The zero-order valence-corrected chi connectivity index (χ0v) is 10.2. The van der Waals surface area contributed by atoms with Crippen molar-refractivity contribution >= 4 is 5.78 Å². The molecule has 0 amide bonds. The maximum Gasteiger partial charge on any atom is 0.251 e. The van der Waals surface area contributed by atoms with Crippen LogP contribution in [0, 0.1) is 0 Å². The predicted octanol–water partition coefficient (Wildman–Crippen LogP) is 2.16. The predicted molar refractivity (Wildman–Crippen MR) is 62.6 cm³/mol. The van der Waals surface area contributed by atoms with Crippen LogP contribution in [-0.4, -0.2) is 19.2 Å². The van der Waals surface area contributed by atoms with Crippen molar-refractivity contribution in [1.82, 2.24) is 19.2 Å². The molecule has 0 fully saturated rings. The summed E-state index contributed by atoms with van der Waals surface area (Å²) in [7, 11) is 0. The lowest BCUT2D eigenvalue weighted by Crippen LogP contribution is -2.15. The van der Waals surface area contributed by atoms with Gasteiger partial charge in [-0.05, 0) is 12.8 Å². The van der Waals surface area contributed by atoms with E-state index >= 15 is 0 Å². The molecule has 0 saturated heterocycles. The van der Waals surface area contributed by atoms with Crippen LogP contribution in [-0.2, 0) is 18.4 Å². The van der Waals surface area contributed by atoms with Crippen molar-refractivity contribution in [2.24, 2.45) is 0 Å². The van der Waals surface area contributed by atoms with Crippen LogP contribution in [0.1, 0.15) is 45.1 Å². The number of fused-ring (bicyclic) bond motifs is 3. The van der Waals surface area contributed by atoms with Gasteiger partial charge >= 0.3 is 0 Å². The summed E-state index contributed by atoms with van der Waals surface area (Å²) < 4.78 is 4.39. The smallest absolute Gasteiger partial charge is 0.251 e. The minimum atomic E-state index is 0.100. The van der Waals surface area contributed by atoms with Crippen molar-refractivity contribution in [1.29, 1.82) is 0 Å². The molecule has 0 bridgehead atoms. The van der Waals surface area contributed by atoms with Gasteiger partial charge in [0.1, 0.15) is 5.82 Å². The summed E-state index contributed by atoms with van der Waals surface area (Å²) in [4.78, 5) is 9.22. The summed E-state index contributed by atoms with van der Waals surface area (Å²) in [6.07, 6.45) is 5.74. The van der Waals surface area contributed by atoms with Gasteiger partial charge in [-0.15, -0.1) is 0 Å². The fourth-order valence-electron chi connectivity index (χ4n) is 2.24. The third-order valence-corrected chi connectivity index (χ3v) is 3.25. The Morgan fingerprint density at radius 1 is 1.19 bits per heavy atom. The van der Waals surface area contributed by atoms with Gasteiger partial charge in [-0.25, -0.2) is 9.50 Å². The summed E-state index contributed by atoms with van der Waals surface area (Å²) in [5, 5.41) is 0. The van der Waals surface area contributed by atoms with Crippen molar-refractivity contribution in [2.45, 2.75) is 52.0 Å². The van der Waals surface area contributed by atoms with Crippen LogP contribution < -0.4 is 0 Å². The molecular formula is C12H18N4. The van der Waals surface area contributed by atoms with Gasteiger partial charge in [0, 0.05) is 18.4 Å². The van der Waals surface area contributed by atoms with Crippen molar-refractivity contribution in [3.8, 4) is 0 Å². The van der Waals surface area contributed by atoms with Gasteiger partial charge in [-0.1, -0.05) is 20.8 Å². The van der Waals surface area contributed by atoms with E-state index in [0.717, 1.165) is 24.4 Å². The molecule has 0 atom stereocenters. The molecule has 0 aliphatic carbocycles. The Morgan fingerprint density at radius 3 is 2.75 bits per heavy atom. The molecule has 0 N–H and O–H groups in total. The van der Waals surface area contributed by atoms with Crippen LogP contribution >= 0.6 is 0 Å². The monoisotopic (exact) mass is 218 g/mol. The summed E-state index contributed by atoms with van der Waals surface area (Å²) >= 11 is 0. The van der Waals surface area contributed by atoms with E-state index in [0.29, 0.717) is 0 Å². The number of nitrogens with zero attached hydrogens (tertiary/aromatic N) is 4. The van der Waals surface area contributed by atoms with Gasteiger partial charge in [0.2, 0.25) is 0 Å². The molecule has 4 heteroatoms. The molecule has 16 heavy (non-hydrogen) atoms. The standard InChI is InChI=1S/C12H18N4/c1-12(2,3)9-8-16-11(13-9)14-10-6-4-5-7-15(10)16/h8H,4-7H2,1-3H3. The maximum atomic E-state index is 4.62. The van der Waals surface area contributed by atoms with Crippen molar-refractivity contribution in [3.05, 3.63) is 17.7 Å². The van der Waals surface area contributed by atoms with Gasteiger partial charge in [0.15, 0.2) is 0 Å². The highest BCUT2D eigenvalue weighted by molar-refractivity contribution is 5.32. The highest BCUT2D eigenvalue weighted by Crippen LogP contribution is 2.23. The van der Waals surface area contributed by atoms with Crippen LogP contribution in [0.5, 0.6) is 0 Å². The molecule has 2 aromatic heterocycles. The summed E-state index contributed by atoms with van der Waals surface area (Å²) in [6, 6.07) is 0. The lowest BCUT2D eigenvalue weighted by molar-refractivity contribution is 0.458. The van der Waals surface area contributed by atoms with Crippen molar-refractivity contribution in [3.63, 3.8) is 0 Å². The van der Waals surface area contributed by atoms with Crippen LogP contribution in [0.4, 0.5) is 0 Å². The van der Waals surface area contributed by atoms with Gasteiger partial charge in [-0.2, -0.15) is 4.98 Å². The van der Waals surface area contributed by atoms with E-state index in [-0.39, 0.29) is 5.41 Å². The van der Waals surface area contributed by atoms with Crippen LogP contribution in [0.25, 0.3) is 5.78 Å². The largest absolute Gasteiger partial charge is 0.265 e. The van der Waals surface area contributed by atoms with Crippen LogP contribution in [0.2, 0.25) is 0 Å². The Bertz CT molecular complexity index is 527. The van der Waals surface area contributed by atoms with Crippen LogP contribution in [0.15, 0.2) is 6.20 Å². The first-order valence-electron chi connectivity index (χ1n) is 6.01. The molecule has 3 rings (SSSR count). The first-order valence-corrected chi connectivity index (χ1v) is 6.01. The third kappa shape index (κ3) is 1.36. The van der Waals surface area contributed by atoms with Gasteiger partial charge in [-0.3, -0.25) is 4.68 Å². The molecule has 86 valence electrons. The number of aromatic nitrogens is 4. The summed E-state index contributed by atoms with van der Waals surface area (Å²) in [5.41, 5.74) is 1.22. The van der Waals surface area contributed by atoms with Crippen molar-refractivity contribution in [2.75, 3.05) is 0 Å². The Morgan fingerprint density at radius 2 is 2.00 bits per heavy atom. The normalized spacial score (nSPS) is 16.7. The fraction of sp³-hybridized carbons (Fsp3) is 0.667. The number of hydrogen-bond acceptors (Lipinski definition) is 2. The van der Waals surface area contributed by atoms with Gasteiger partial charge in [0.25, 0.3) is 5.78 Å². The number of imidazole rings is 1.